The zero-order valence-corrected chi connectivity index (χ0v) is 10.3. The van der Waals surface area contributed by atoms with Gasteiger partial charge >= 0.3 is 0 Å². The average molecular weight is 232 g/mol. The highest BCUT2D eigenvalue weighted by atomic mass is 16.1. The van der Waals surface area contributed by atoms with Gasteiger partial charge in [-0.25, -0.2) is 4.79 Å². The molecule has 17 heavy (non-hydrogen) atoms. The van der Waals surface area contributed by atoms with Crippen molar-refractivity contribution in [3.05, 3.63) is 23.8 Å². The van der Waals surface area contributed by atoms with Crippen LogP contribution in [-0.4, -0.2) is 12.0 Å². The van der Waals surface area contributed by atoms with Gasteiger partial charge < -0.3 is 5.32 Å². The lowest BCUT2D eigenvalue weighted by atomic mass is 10.1. The molecule has 1 aromatic carbocycles. The van der Waals surface area contributed by atoms with E-state index in [1.54, 1.807) is 18.2 Å². The monoisotopic (exact) mass is 232 g/mol. The molecule has 0 saturated heterocycles. The summed E-state index contributed by atoms with van der Waals surface area (Å²) in [6.45, 7) is 5.64. The van der Waals surface area contributed by atoms with Crippen LogP contribution in [0.5, 0.6) is 0 Å². The molecule has 0 heterocycles. The first kappa shape index (κ1) is 13.1. The largest absolute Gasteiger partial charge is 0.326 e. The van der Waals surface area contributed by atoms with E-state index >= 15 is 0 Å². The molecule has 0 spiro atoms. The number of nitrogens with one attached hydrogen (secondary N) is 1. The molecule has 0 aromatic heterocycles. The highest BCUT2D eigenvalue weighted by Gasteiger charge is 2.12. The summed E-state index contributed by atoms with van der Waals surface area (Å²) in [6.07, 6.45) is 2.29. The van der Waals surface area contributed by atoms with Crippen LogP contribution in [0.25, 0.3) is 0 Å². The second-order valence-corrected chi connectivity index (χ2v) is 3.95. The van der Waals surface area contributed by atoms with Crippen LogP contribution in [0.1, 0.15) is 25.8 Å². The fraction of sp³-hybridized carbons (Fsp3) is 0.385. The Labute approximate surface area is 101 Å². The molecule has 1 aromatic rings. The van der Waals surface area contributed by atoms with E-state index < -0.39 is 0 Å². The third-order valence-corrected chi connectivity index (χ3v) is 2.79. The summed E-state index contributed by atoms with van der Waals surface area (Å²) in [5.74, 6) is -0.0598. The molecular formula is C13H16N2O2. The Morgan fingerprint density at radius 2 is 2.24 bits per heavy atom. The number of carbonyl (C=O) groups is 1. The van der Waals surface area contributed by atoms with Crippen molar-refractivity contribution >= 4 is 23.4 Å². The molecular weight excluding hydrogens is 216 g/mol. The van der Waals surface area contributed by atoms with E-state index in [0.29, 0.717) is 11.4 Å². The lowest BCUT2D eigenvalue weighted by Crippen LogP contribution is -2.20. The summed E-state index contributed by atoms with van der Waals surface area (Å²) < 4.78 is 0. The summed E-state index contributed by atoms with van der Waals surface area (Å²) in [4.78, 5) is 25.6. The van der Waals surface area contributed by atoms with E-state index in [2.05, 4.69) is 10.3 Å². The second kappa shape index (κ2) is 5.97. The molecule has 4 nitrogen and oxygen atoms in total. The minimum Gasteiger partial charge on any atom is -0.326 e. The molecule has 0 fully saturated rings. The highest BCUT2D eigenvalue weighted by Crippen LogP contribution is 2.25. The third-order valence-electron chi connectivity index (χ3n) is 2.79. The van der Waals surface area contributed by atoms with Gasteiger partial charge in [0.25, 0.3) is 0 Å². The van der Waals surface area contributed by atoms with Gasteiger partial charge in [0.1, 0.15) is 0 Å². The van der Waals surface area contributed by atoms with Crippen LogP contribution in [0, 0.1) is 12.8 Å². The van der Waals surface area contributed by atoms with Gasteiger partial charge in [-0.2, -0.15) is 4.99 Å². The Morgan fingerprint density at radius 3 is 2.82 bits per heavy atom. The van der Waals surface area contributed by atoms with Crippen molar-refractivity contribution in [2.24, 2.45) is 10.9 Å². The molecule has 0 aliphatic rings. The molecule has 1 N–H and O–H groups in total. The number of hydrogen-bond donors (Lipinski definition) is 1. The van der Waals surface area contributed by atoms with E-state index in [1.807, 2.05) is 20.8 Å². The lowest BCUT2D eigenvalue weighted by Gasteiger charge is -2.12. The first-order chi connectivity index (χ1) is 8.10. The predicted octanol–water partition coefficient (Wildman–Crippen LogP) is 2.95. The van der Waals surface area contributed by atoms with Crippen molar-refractivity contribution in [3.63, 3.8) is 0 Å². The average Bonchev–Trinajstić information content (AvgIpc) is 2.33. The predicted molar refractivity (Wildman–Crippen MR) is 67.0 cm³/mol. The molecule has 0 radical (unpaired) electrons. The maximum atomic E-state index is 11.7. The number of aliphatic imine (C=N–C) groups is 1. The van der Waals surface area contributed by atoms with Gasteiger partial charge in [0.15, 0.2) is 0 Å². The smallest absolute Gasteiger partial charge is 0.240 e. The van der Waals surface area contributed by atoms with Gasteiger partial charge in [0.05, 0.1) is 5.69 Å². The fourth-order valence-corrected chi connectivity index (χ4v) is 1.37. The zero-order valence-electron chi connectivity index (χ0n) is 10.3. The molecule has 1 rings (SSSR count). The number of nitrogens with zero attached hydrogens (tertiary/aromatic N) is 1. The van der Waals surface area contributed by atoms with E-state index in [1.165, 1.54) is 6.08 Å². The van der Waals surface area contributed by atoms with Gasteiger partial charge in [-0.1, -0.05) is 19.9 Å². The summed E-state index contributed by atoms with van der Waals surface area (Å²) in [5.41, 5.74) is 1.99. The standard InChI is InChI=1S/C13H16N2O2/c1-4-9(2)13(17)15-12-7-5-6-11(10(12)3)14-8-16/h5-7,9H,4H2,1-3H3,(H,15,17). The van der Waals surface area contributed by atoms with Crippen molar-refractivity contribution in [3.8, 4) is 0 Å². The molecule has 1 amide bonds. The van der Waals surface area contributed by atoms with E-state index in [-0.39, 0.29) is 11.8 Å². The summed E-state index contributed by atoms with van der Waals surface area (Å²) in [6, 6.07) is 5.24. The topological polar surface area (TPSA) is 58.5 Å². The first-order valence-electron chi connectivity index (χ1n) is 5.58. The van der Waals surface area contributed by atoms with E-state index in [9.17, 15) is 9.59 Å². The lowest BCUT2D eigenvalue weighted by molar-refractivity contribution is -0.119. The Balaban J connectivity index is 2.96. The van der Waals surface area contributed by atoms with Gasteiger partial charge in [-0.05, 0) is 31.0 Å². The molecule has 0 bridgehead atoms. The van der Waals surface area contributed by atoms with E-state index in [0.717, 1.165) is 12.0 Å². The molecule has 1 unspecified atom stereocenters. The minimum atomic E-state index is -0.0346. The van der Waals surface area contributed by atoms with Crippen LogP contribution in [0.2, 0.25) is 0 Å². The van der Waals surface area contributed by atoms with Crippen LogP contribution in [0.3, 0.4) is 0 Å². The van der Waals surface area contributed by atoms with Crippen LogP contribution in [0.4, 0.5) is 11.4 Å². The van der Waals surface area contributed by atoms with Gasteiger partial charge in [-0.3, -0.25) is 4.79 Å². The molecule has 0 aliphatic heterocycles. The fourth-order valence-electron chi connectivity index (χ4n) is 1.37. The first-order valence-corrected chi connectivity index (χ1v) is 5.58. The van der Waals surface area contributed by atoms with Gasteiger partial charge in [-0.15, -0.1) is 0 Å². The molecule has 4 heteroatoms. The summed E-state index contributed by atoms with van der Waals surface area (Å²) in [7, 11) is 0. The Hall–Kier alpha value is -1.93. The van der Waals surface area contributed by atoms with Crippen molar-refractivity contribution in [2.45, 2.75) is 27.2 Å². The number of carbonyl (C=O) groups excluding carboxylic acids is 2. The SMILES string of the molecule is CCC(C)C(=O)Nc1cccc(N=C=O)c1C. The number of anilines is 1. The number of benzene rings is 1. The van der Waals surface area contributed by atoms with Crippen molar-refractivity contribution in [2.75, 3.05) is 5.32 Å². The normalized spacial score (nSPS) is 11.5. The molecule has 1 atom stereocenters. The molecule has 0 saturated carbocycles. The Kier molecular flexibility index (Phi) is 4.61. The number of isocyanates is 1. The van der Waals surface area contributed by atoms with Crippen molar-refractivity contribution in [1.29, 1.82) is 0 Å². The maximum Gasteiger partial charge on any atom is 0.240 e. The Morgan fingerprint density at radius 1 is 1.53 bits per heavy atom. The second-order valence-electron chi connectivity index (χ2n) is 3.95. The summed E-state index contributed by atoms with van der Waals surface area (Å²) in [5, 5.41) is 2.83. The number of amides is 1. The molecule has 0 aliphatic carbocycles. The van der Waals surface area contributed by atoms with Crippen LogP contribution in [0.15, 0.2) is 23.2 Å². The number of rotatable bonds is 4. The highest BCUT2D eigenvalue weighted by molar-refractivity contribution is 5.93. The van der Waals surface area contributed by atoms with Crippen LogP contribution >= 0.6 is 0 Å². The van der Waals surface area contributed by atoms with Crippen molar-refractivity contribution in [1.82, 2.24) is 0 Å². The van der Waals surface area contributed by atoms with E-state index in [4.69, 9.17) is 0 Å². The number of hydrogen-bond acceptors (Lipinski definition) is 3. The zero-order chi connectivity index (χ0) is 12.8. The Bertz CT molecular complexity index is 462. The van der Waals surface area contributed by atoms with Gasteiger partial charge in [0.2, 0.25) is 12.0 Å². The third kappa shape index (κ3) is 3.26. The van der Waals surface area contributed by atoms with Crippen molar-refractivity contribution < 1.29 is 9.59 Å². The molecule has 90 valence electrons. The quantitative estimate of drug-likeness (QED) is 0.641. The van der Waals surface area contributed by atoms with Crippen LogP contribution < -0.4 is 5.32 Å². The maximum absolute atomic E-state index is 11.7. The van der Waals surface area contributed by atoms with Gasteiger partial charge in [0, 0.05) is 11.6 Å². The minimum absolute atomic E-state index is 0.0252. The van der Waals surface area contributed by atoms with Crippen LogP contribution in [-0.2, 0) is 9.59 Å². The summed E-state index contributed by atoms with van der Waals surface area (Å²) >= 11 is 0.